The number of alkyl halides is 2. The molecule has 25 heavy (non-hydrogen) atoms. The number of ether oxygens (including phenoxy) is 1. The molecule has 0 bridgehead atoms. The Morgan fingerprint density at radius 1 is 1.24 bits per heavy atom. The van der Waals surface area contributed by atoms with Gasteiger partial charge in [-0.25, -0.2) is 4.79 Å². The largest absolute Gasteiger partial charge is 0.454 e. The minimum absolute atomic E-state index is 0.00337. The molecule has 0 heterocycles. The molecule has 5 nitrogen and oxygen atoms in total. The average Bonchev–Trinajstić information content (AvgIpc) is 2.41. The van der Waals surface area contributed by atoms with Crippen LogP contribution in [0.3, 0.4) is 0 Å². The maximum absolute atomic E-state index is 13.2. The fourth-order valence-corrected chi connectivity index (χ4v) is 2.53. The van der Waals surface area contributed by atoms with Gasteiger partial charge >= 0.3 is 21.3 Å². The lowest BCUT2D eigenvalue weighted by atomic mass is 9.69. The lowest BCUT2D eigenvalue weighted by Crippen LogP contribution is -2.35. The zero-order valence-corrected chi connectivity index (χ0v) is 16.2. The van der Waals surface area contributed by atoms with Crippen LogP contribution in [-0.4, -0.2) is 30.8 Å². The molecule has 0 aromatic heterocycles. The predicted molar refractivity (Wildman–Crippen MR) is 90.6 cm³/mol. The predicted octanol–water partition coefficient (Wildman–Crippen LogP) is 3.98. The standard InChI is InChI=1S/C17H26F2O5S/c1-15(2,3)12-7-11(8-13(9-12)16(4,5)6)14(20)24-10-17(18,19)25(21,22)23/h7-8,12H,9-10H2,1-6H3,(H,21,22,23). The highest BCUT2D eigenvalue weighted by molar-refractivity contribution is 7.86. The summed E-state index contributed by atoms with van der Waals surface area (Å²) in [7, 11) is -5.64. The first-order valence-corrected chi connectivity index (χ1v) is 9.34. The number of rotatable bonds is 4. The first-order valence-electron chi connectivity index (χ1n) is 7.90. The highest BCUT2D eigenvalue weighted by Crippen LogP contribution is 2.42. The van der Waals surface area contributed by atoms with Crippen molar-refractivity contribution in [3.63, 3.8) is 0 Å². The van der Waals surface area contributed by atoms with Crippen LogP contribution >= 0.6 is 0 Å². The van der Waals surface area contributed by atoms with Crippen LogP contribution in [0.4, 0.5) is 8.78 Å². The van der Waals surface area contributed by atoms with E-state index in [1.165, 1.54) is 0 Å². The van der Waals surface area contributed by atoms with Crippen molar-refractivity contribution in [1.82, 2.24) is 0 Å². The van der Waals surface area contributed by atoms with Gasteiger partial charge in [0, 0.05) is 0 Å². The summed E-state index contributed by atoms with van der Waals surface area (Å²) in [5.41, 5.74) is 0.710. The van der Waals surface area contributed by atoms with Crippen molar-refractivity contribution in [2.24, 2.45) is 16.7 Å². The van der Waals surface area contributed by atoms with Crippen LogP contribution in [0.1, 0.15) is 48.0 Å². The summed E-state index contributed by atoms with van der Waals surface area (Å²) in [4.78, 5) is 12.2. The van der Waals surface area contributed by atoms with Crippen LogP contribution in [0, 0.1) is 16.7 Å². The van der Waals surface area contributed by atoms with Gasteiger partial charge in [-0.1, -0.05) is 53.2 Å². The fraction of sp³-hybridized carbons (Fsp3) is 0.706. The zero-order valence-electron chi connectivity index (χ0n) is 15.4. The molecule has 0 aromatic rings. The number of carbonyl (C=O) groups excluding carboxylic acids is 1. The second-order valence-electron chi connectivity index (χ2n) is 8.41. The molecule has 1 rings (SSSR count). The maximum Gasteiger partial charge on any atom is 0.402 e. The second kappa shape index (κ2) is 6.79. The van der Waals surface area contributed by atoms with E-state index in [0.29, 0.717) is 0 Å². The molecule has 0 spiro atoms. The summed E-state index contributed by atoms with van der Waals surface area (Å²) in [5, 5.41) is -4.54. The molecule has 0 saturated heterocycles. The molecule has 144 valence electrons. The van der Waals surface area contributed by atoms with E-state index in [1.807, 2.05) is 41.5 Å². The highest BCUT2D eigenvalue weighted by Gasteiger charge is 2.46. The summed E-state index contributed by atoms with van der Waals surface area (Å²) < 4.78 is 60.6. The van der Waals surface area contributed by atoms with Crippen LogP contribution in [0.5, 0.6) is 0 Å². The third-order valence-electron chi connectivity index (χ3n) is 4.21. The minimum Gasteiger partial charge on any atom is -0.454 e. The molecule has 1 N–H and O–H groups in total. The Bertz CT molecular complexity index is 692. The topological polar surface area (TPSA) is 80.7 Å². The van der Waals surface area contributed by atoms with E-state index >= 15 is 0 Å². The summed E-state index contributed by atoms with van der Waals surface area (Å²) in [5.74, 6) is -1.05. The second-order valence-corrected chi connectivity index (χ2v) is 9.95. The van der Waals surface area contributed by atoms with Gasteiger partial charge in [0.1, 0.15) is 0 Å². The summed E-state index contributed by atoms with van der Waals surface area (Å²) >= 11 is 0. The van der Waals surface area contributed by atoms with Gasteiger partial charge in [-0.3, -0.25) is 4.55 Å². The Morgan fingerprint density at radius 3 is 2.16 bits per heavy atom. The van der Waals surface area contributed by atoms with Crippen LogP contribution in [-0.2, 0) is 19.6 Å². The molecule has 0 aliphatic heterocycles. The number of esters is 1. The van der Waals surface area contributed by atoms with Crippen LogP contribution in [0.25, 0.3) is 0 Å². The number of carbonyl (C=O) groups is 1. The van der Waals surface area contributed by atoms with E-state index in [9.17, 15) is 22.0 Å². The molecular weight excluding hydrogens is 354 g/mol. The molecule has 0 aromatic carbocycles. The monoisotopic (exact) mass is 380 g/mol. The Hall–Kier alpha value is -1.28. The van der Waals surface area contributed by atoms with Crippen molar-refractivity contribution in [2.75, 3.05) is 6.61 Å². The Labute approximate surface area is 147 Å². The Morgan fingerprint density at radius 2 is 1.76 bits per heavy atom. The lowest BCUT2D eigenvalue weighted by molar-refractivity contribution is -0.144. The Kier molecular flexibility index (Phi) is 5.91. The van der Waals surface area contributed by atoms with E-state index in [1.54, 1.807) is 12.2 Å². The molecule has 0 fully saturated rings. The maximum atomic E-state index is 13.2. The highest BCUT2D eigenvalue weighted by atomic mass is 32.2. The van der Waals surface area contributed by atoms with Crippen molar-refractivity contribution < 1.29 is 31.3 Å². The van der Waals surface area contributed by atoms with Gasteiger partial charge in [-0.15, -0.1) is 0 Å². The number of halogens is 2. The molecule has 0 saturated carbocycles. The smallest absolute Gasteiger partial charge is 0.402 e. The molecular formula is C17H26F2O5S. The van der Waals surface area contributed by atoms with E-state index in [0.717, 1.165) is 12.0 Å². The van der Waals surface area contributed by atoms with Crippen molar-refractivity contribution in [3.05, 3.63) is 23.3 Å². The van der Waals surface area contributed by atoms with Gasteiger partial charge in [0.2, 0.25) is 0 Å². The van der Waals surface area contributed by atoms with Gasteiger partial charge in [-0.05, 0) is 29.2 Å². The molecule has 0 amide bonds. The summed E-state index contributed by atoms with van der Waals surface area (Å²) in [6.07, 6.45) is 4.00. The van der Waals surface area contributed by atoms with E-state index < -0.39 is 27.9 Å². The number of hydrogen-bond acceptors (Lipinski definition) is 4. The van der Waals surface area contributed by atoms with Crippen molar-refractivity contribution in [1.29, 1.82) is 0 Å². The normalized spacial score (nSPS) is 20.0. The fourth-order valence-electron chi connectivity index (χ4n) is 2.32. The van der Waals surface area contributed by atoms with Gasteiger partial charge in [-0.2, -0.15) is 17.2 Å². The first-order chi connectivity index (χ1) is 10.9. The lowest BCUT2D eigenvalue weighted by Gasteiger charge is -2.36. The average molecular weight is 380 g/mol. The zero-order chi connectivity index (χ0) is 19.8. The minimum atomic E-state index is -5.64. The molecule has 1 aliphatic carbocycles. The van der Waals surface area contributed by atoms with Crippen LogP contribution < -0.4 is 0 Å². The quantitative estimate of drug-likeness (QED) is 0.589. The molecule has 1 unspecified atom stereocenters. The van der Waals surface area contributed by atoms with Gasteiger partial charge in [0.15, 0.2) is 6.61 Å². The van der Waals surface area contributed by atoms with Crippen molar-refractivity contribution >= 4 is 16.1 Å². The van der Waals surface area contributed by atoms with Gasteiger partial charge in [0.05, 0.1) is 5.57 Å². The number of allylic oxidation sites excluding steroid dienone is 2. The van der Waals surface area contributed by atoms with Crippen LogP contribution in [0.15, 0.2) is 23.3 Å². The third kappa shape index (κ3) is 5.60. The van der Waals surface area contributed by atoms with Crippen molar-refractivity contribution in [2.45, 2.75) is 53.2 Å². The summed E-state index contributed by atoms with van der Waals surface area (Å²) in [6.45, 7) is 10.2. The van der Waals surface area contributed by atoms with Gasteiger partial charge < -0.3 is 4.74 Å². The molecule has 8 heteroatoms. The SMILES string of the molecule is CC(C)(C)C1=CC(C(=O)OCC(F)(F)S(=O)(=O)O)=CC(C(C)(C)C)C1. The molecule has 1 atom stereocenters. The van der Waals surface area contributed by atoms with E-state index in [4.69, 9.17) is 4.55 Å². The van der Waals surface area contributed by atoms with Gasteiger partial charge in [0.25, 0.3) is 0 Å². The van der Waals surface area contributed by atoms with E-state index in [-0.39, 0.29) is 22.3 Å². The third-order valence-corrected chi connectivity index (χ3v) is 5.08. The van der Waals surface area contributed by atoms with Crippen LogP contribution in [0.2, 0.25) is 0 Å². The summed E-state index contributed by atoms with van der Waals surface area (Å²) in [6, 6.07) is 0. The number of hydrogen-bond donors (Lipinski definition) is 1. The van der Waals surface area contributed by atoms with Crippen molar-refractivity contribution in [3.8, 4) is 0 Å². The molecule has 0 radical (unpaired) electrons. The molecule has 1 aliphatic rings. The first kappa shape index (κ1) is 21.8. The van der Waals surface area contributed by atoms with E-state index in [2.05, 4.69) is 4.74 Å². The Balaban J connectivity index is 3.08.